The van der Waals surface area contributed by atoms with Crippen molar-refractivity contribution in [1.82, 2.24) is 9.97 Å². The molecule has 0 aliphatic rings. The molecule has 0 saturated heterocycles. The van der Waals surface area contributed by atoms with Crippen molar-refractivity contribution in [2.45, 2.75) is 23.9 Å². The van der Waals surface area contributed by atoms with Crippen molar-refractivity contribution in [2.24, 2.45) is 10.9 Å². The molecule has 1 aromatic heterocycles. The Labute approximate surface area is 119 Å². The molecule has 0 unspecified atom stereocenters. The number of rotatable bonds is 3. The first-order valence-electron chi connectivity index (χ1n) is 5.77. The summed E-state index contributed by atoms with van der Waals surface area (Å²) < 4.78 is 14.0. The fraction of sp³-hybridized carbons (Fsp3) is 0.154. The van der Waals surface area contributed by atoms with E-state index in [4.69, 9.17) is 10.9 Å². The van der Waals surface area contributed by atoms with Crippen LogP contribution in [0.2, 0.25) is 0 Å². The molecule has 7 heteroatoms. The first-order valence-corrected chi connectivity index (χ1v) is 6.59. The topological polar surface area (TPSA) is 84.4 Å². The van der Waals surface area contributed by atoms with E-state index in [9.17, 15) is 4.39 Å². The van der Waals surface area contributed by atoms with Gasteiger partial charge in [-0.1, -0.05) is 5.16 Å². The Morgan fingerprint density at radius 2 is 1.90 bits per heavy atom. The Morgan fingerprint density at radius 3 is 2.45 bits per heavy atom. The molecule has 5 nitrogen and oxygen atoms in total. The summed E-state index contributed by atoms with van der Waals surface area (Å²) in [6.45, 7) is 3.72. The molecule has 2 rings (SSSR count). The van der Waals surface area contributed by atoms with E-state index in [1.807, 2.05) is 19.9 Å². The van der Waals surface area contributed by atoms with E-state index in [-0.39, 0.29) is 5.84 Å². The molecule has 0 fully saturated rings. The molecule has 0 saturated carbocycles. The summed E-state index contributed by atoms with van der Waals surface area (Å²) >= 11 is 1.13. The predicted octanol–water partition coefficient (Wildman–Crippen LogP) is 2.48. The maximum Gasteiger partial charge on any atom is 0.192 e. The van der Waals surface area contributed by atoms with Crippen molar-refractivity contribution in [1.29, 1.82) is 0 Å². The molecule has 20 heavy (non-hydrogen) atoms. The van der Waals surface area contributed by atoms with Gasteiger partial charge in [0.15, 0.2) is 11.0 Å². The van der Waals surface area contributed by atoms with Gasteiger partial charge in [0.1, 0.15) is 5.82 Å². The van der Waals surface area contributed by atoms with Crippen LogP contribution >= 0.6 is 11.8 Å². The highest BCUT2D eigenvalue weighted by Gasteiger charge is 2.10. The zero-order valence-corrected chi connectivity index (χ0v) is 11.8. The van der Waals surface area contributed by atoms with Gasteiger partial charge >= 0.3 is 0 Å². The maximum absolute atomic E-state index is 14.0. The van der Waals surface area contributed by atoms with E-state index >= 15 is 0 Å². The Kier molecular flexibility index (Phi) is 4.19. The lowest BCUT2D eigenvalue weighted by molar-refractivity contribution is 0.318. The van der Waals surface area contributed by atoms with Crippen LogP contribution in [0.25, 0.3) is 0 Å². The molecule has 0 bridgehead atoms. The molecular weight excluding hydrogens is 279 g/mol. The van der Waals surface area contributed by atoms with Crippen LogP contribution in [0.15, 0.2) is 39.5 Å². The average molecular weight is 292 g/mol. The summed E-state index contributed by atoms with van der Waals surface area (Å²) in [6, 6.07) is 6.18. The molecule has 1 heterocycles. The van der Waals surface area contributed by atoms with Crippen molar-refractivity contribution in [3.63, 3.8) is 0 Å². The van der Waals surface area contributed by atoms with E-state index < -0.39 is 5.82 Å². The first kappa shape index (κ1) is 14.3. The smallest absolute Gasteiger partial charge is 0.192 e. The molecule has 0 aliphatic carbocycles. The largest absolute Gasteiger partial charge is 0.409 e. The number of nitrogens with two attached hydrogens (primary N) is 1. The van der Waals surface area contributed by atoms with E-state index in [0.717, 1.165) is 23.1 Å². The van der Waals surface area contributed by atoms with Crippen LogP contribution in [0.4, 0.5) is 4.39 Å². The number of hydrogen-bond acceptors (Lipinski definition) is 5. The second-order valence-electron chi connectivity index (χ2n) is 4.17. The van der Waals surface area contributed by atoms with E-state index in [1.165, 1.54) is 6.07 Å². The Hall–Kier alpha value is -2.15. The summed E-state index contributed by atoms with van der Waals surface area (Å²) in [5, 5.41) is 11.9. The summed E-state index contributed by atoms with van der Waals surface area (Å²) in [5.41, 5.74) is 7.38. The highest BCUT2D eigenvalue weighted by atomic mass is 32.2. The van der Waals surface area contributed by atoms with E-state index in [2.05, 4.69) is 15.1 Å². The summed E-state index contributed by atoms with van der Waals surface area (Å²) in [7, 11) is 0. The Morgan fingerprint density at radius 1 is 1.25 bits per heavy atom. The molecule has 0 aliphatic heterocycles. The molecule has 0 radical (unpaired) electrons. The third-order valence-corrected chi connectivity index (χ3v) is 3.41. The van der Waals surface area contributed by atoms with Gasteiger partial charge in [0.05, 0.1) is 4.90 Å². The first-order chi connectivity index (χ1) is 9.49. The second kappa shape index (κ2) is 5.87. The highest BCUT2D eigenvalue weighted by Crippen LogP contribution is 2.28. The Balaban J connectivity index is 2.30. The van der Waals surface area contributed by atoms with Crippen molar-refractivity contribution in [2.75, 3.05) is 0 Å². The van der Waals surface area contributed by atoms with Crippen LogP contribution < -0.4 is 5.73 Å². The molecule has 0 atom stereocenters. The Bertz CT molecular complexity index is 655. The van der Waals surface area contributed by atoms with Gasteiger partial charge in [0.2, 0.25) is 0 Å². The van der Waals surface area contributed by atoms with Crippen molar-refractivity contribution in [3.8, 4) is 0 Å². The van der Waals surface area contributed by atoms with Crippen LogP contribution in [0.1, 0.15) is 17.0 Å². The number of hydrogen-bond donors (Lipinski definition) is 2. The van der Waals surface area contributed by atoms with Gasteiger partial charge in [-0.25, -0.2) is 14.4 Å². The summed E-state index contributed by atoms with van der Waals surface area (Å²) in [4.78, 5) is 8.86. The van der Waals surface area contributed by atoms with Crippen molar-refractivity contribution in [3.05, 3.63) is 47.0 Å². The summed E-state index contributed by atoms with van der Waals surface area (Å²) in [6.07, 6.45) is 0. The molecule has 1 aromatic carbocycles. The number of oxime groups is 1. The monoisotopic (exact) mass is 292 g/mol. The minimum absolute atomic E-state index is 0.136. The van der Waals surface area contributed by atoms with Gasteiger partial charge in [-0.3, -0.25) is 0 Å². The number of halogens is 1. The molecule has 104 valence electrons. The van der Waals surface area contributed by atoms with Crippen LogP contribution in [0.5, 0.6) is 0 Å². The van der Waals surface area contributed by atoms with Crippen LogP contribution in [0, 0.1) is 19.7 Å². The van der Waals surface area contributed by atoms with Gasteiger partial charge in [-0.2, -0.15) is 0 Å². The maximum atomic E-state index is 14.0. The minimum Gasteiger partial charge on any atom is -0.409 e. The third-order valence-electron chi connectivity index (χ3n) is 2.50. The molecular formula is C13H13FN4OS. The third kappa shape index (κ3) is 3.24. The highest BCUT2D eigenvalue weighted by molar-refractivity contribution is 7.99. The van der Waals surface area contributed by atoms with E-state index in [0.29, 0.717) is 15.6 Å². The number of aryl methyl sites for hydroxylation is 2. The fourth-order valence-corrected chi connectivity index (χ4v) is 2.51. The van der Waals surface area contributed by atoms with Crippen LogP contribution in [0.3, 0.4) is 0 Å². The average Bonchev–Trinajstić information content (AvgIpc) is 2.39. The molecule has 3 N–H and O–H groups in total. The number of amidine groups is 1. The summed E-state index contributed by atoms with van der Waals surface area (Å²) in [5.74, 6) is -0.607. The van der Waals surface area contributed by atoms with Gasteiger partial charge in [-0.15, -0.1) is 0 Å². The molecule has 2 aromatic rings. The zero-order valence-electron chi connectivity index (χ0n) is 11.0. The number of aromatic nitrogens is 2. The lowest BCUT2D eigenvalue weighted by Crippen LogP contribution is -2.13. The normalized spacial score (nSPS) is 11.7. The van der Waals surface area contributed by atoms with E-state index in [1.54, 1.807) is 12.1 Å². The van der Waals surface area contributed by atoms with Gasteiger partial charge in [0.25, 0.3) is 0 Å². The van der Waals surface area contributed by atoms with Crippen LogP contribution in [-0.4, -0.2) is 21.0 Å². The molecule has 0 amide bonds. The van der Waals surface area contributed by atoms with Crippen molar-refractivity contribution < 1.29 is 9.60 Å². The van der Waals surface area contributed by atoms with Crippen LogP contribution in [-0.2, 0) is 0 Å². The predicted molar refractivity (Wildman–Crippen MR) is 74.5 cm³/mol. The standard InChI is InChI=1S/C13H13FN4OS/c1-7-5-8(2)17-13(16-7)20-11-4-3-9(6-10(11)14)12(15)18-19/h3-6,19H,1-2H3,(H2,15,18). The fourth-order valence-electron chi connectivity index (χ4n) is 1.64. The lowest BCUT2D eigenvalue weighted by Gasteiger charge is -2.05. The van der Waals surface area contributed by atoms with Gasteiger partial charge in [0, 0.05) is 17.0 Å². The molecule has 0 spiro atoms. The number of nitrogens with zero attached hydrogens (tertiary/aromatic N) is 3. The van der Waals surface area contributed by atoms with Gasteiger partial charge in [-0.05, 0) is 49.9 Å². The number of benzene rings is 1. The van der Waals surface area contributed by atoms with Gasteiger partial charge < -0.3 is 10.9 Å². The zero-order chi connectivity index (χ0) is 14.7. The minimum atomic E-state index is -0.471. The lowest BCUT2D eigenvalue weighted by atomic mass is 10.2. The van der Waals surface area contributed by atoms with Crippen molar-refractivity contribution >= 4 is 17.6 Å². The quantitative estimate of drug-likeness (QED) is 0.298. The second-order valence-corrected chi connectivity index (χ2v) is 5.17. The SMILES string of the molecule is Cc1cc(C)nc(Sc2ccc(C(N)=NO)cc2F)n1.